The smallest absolute Gasteiger partial charge is 0.364 e. The lowest BCUT2D eigenvalue weighted by molar-refractivity contribution is -0.570. The molecule has 3 rings (SSSR count). The first-order valence-corrected chi connectivity index (χ1v) is 8.58. The number of allylic oxidation sites excluding steroid dienone is 1. The molecule has 8 nitrogen and oxygen atoms in total. The first-order valence-electron chi connectivity index (χ1n) is 8.58. The van der Waals surface area contributed by atoms with E-state index in [1.807, 2.05) is 13.8 Å². The maximum Gasteiger partial charge on any atom is 0.364 e. The molecular formula is C19H23NO7. The van der Waals surface area contributed by atoms with Crippen molar-refractivity contribution in [1.82, 2.24) is 0 Å². The van der Waals surface area contributed by atoms with Crippen LogP contribution in [0.2, 0.25) is 0 Å². The summed E-state index contributed by atoms with van der Waals surface area (Å²) < 4.78 is 21.7. The van der Waals surface area contributed by atoms with Gasteiger partial charge >= 0.3 is 6.23 Å². The van der Waals surface area contributed by atoms with Crippen molar-refractivity contribution in [3.63, 3.8) is 0 Å². The monoisotopic (exact) mass is 377 g/mol. The van der Waals surface area contributed by atoms with E-state index in [2.05, 4.69) is 0 Å². The molecule has 0 unspecified atom stereocenters. The van der Waals surface area contributed by atoms with Gasteiger partial charge in [-0.15, -0.1) is 0 Å². The second-order valence-corrected chi connectivity index (χ2v) is 7.51. The molecule has 0 aromatic heterocycles. The minimum Gasteiger partial charge on any atom is -0.493 e. The molecule has 2 atom stereocenters. The summed E-state index contributed by atoms with van der Waals surface area (Å²) in [5.41, 5.74) is 0.607. The van der Waals surface area contributed by atoms with E-state index in [0.29, 0.717) is 47.0 Å². The molecule has 0 bridgehead atoms. The van der Waals surface area contributed by atoms with Crippen molar-refractivity contribution in [1.29, 1.82) is 0 Å². The van der Waals surface area contributed by atoms with Crippen LogP contribution in [0.3, 0.4) is 0 Å². The number of Topliss-reactive ketones (excluding diaryl/α,β-unsaturated/α-hetero) is 1. The molecule has 1 aromatic rings. The van der Waals surface area contributed by atoms with Crippen LogP contribution in [0.5, 0.6) is 17.2 Å². The molecule has 0 saturated heterocycles. The molecule has 27 heavy (non-hydrogen) atoms. The van der Waals surface area contributed by atoms with Crippen molar-refractivity contribution in [2.24, 2.45) is 5.41 Å². The Bertz CT molecular complexity index is 802. The van der Waals surface area contributed by atoms with Crippen molar-refractivity contribution in [2.75, 3.05) is 21.3 Å². The van der Waals surface area contributed by atoms with Crippen LogP contribution in [-0.4, -0.2) is 38.3 Å². The second-order valence-electron chi connectivity index (χ2n) is 7.51. The number of hydrogen-bond acceptors (Lipinski definition) is 7. The van der Waals surface area contributed by atoms with Crippen LogP contribution in [0.1, 0.15) is 38.2 Å². The quantitative estimate of drug-likeness (QED) is 0.574. The normalized spacial score (nSPS) is 23.5. The van der Waals surface area contributed by atoms with Gasteiger partial charge in [0.1, 0.15) is 11.7 Å². The average Bonchev–Trinajstić information content (AvgIpc) is 2.98. The van der Waals surface area contributed by atoms with Gasteiger partial charge in [-0.3, -0.25) is 14.9 Å². The number of ketones is 1. The molecule has 1 heterocycles. The molecule has 1 aromatic carbocycles. The van der Waals surface area contributed by atoms with Crippen LogP contribution in [0.25, 0.3) is 0 Å². The lowest BCUT2D eigenvalue weighted by Gasteiger charge is -2.28. The molecule has 8 heteroatoms. The van der Waals surface area contributed by atoms with Gasteiger partial charge in [-0.25, -0.2) is 0 Å². The third kappa shape index (κ3) is 3.20. The highest BCUT2D eigenvalue weighted by Crippen LogP contribution is 2.51. The van der Waals surface area contributed by atoms with Crippen molar-refractivity contribution in [2.45, 2.75) is 38.8 Å². The van der Waals surface area contributed by atoms with Crippen molar-refractivity contribution in [3.8, 4) is 17.2 Å². The van der Waals surface area contributed by atoms with Gasteiger partial charge in [-0.1, -0.05) is 13.8 Å². The predicted octanol–water partition coefficient (Wildman–Crippen LogP) is 3.07. The SMILES string of the molecule is COc1cc([C@@H]2C3=C(CC(C)(C)CC3=O)O[C@H]2[N+](=O)[O-])cc(OC)c1OC. The molecule has 0 N–H and O–H groups in total. The highest BCUT2D eigenvalue weighted by atomic mass is 16.7. The zero-order valence-corrected chi connectivity index (χ0v) is 16.0. The second kappa shape index (κ2) is 6.75. The summed E-state index contributed by atoms with van der Waals surface area (Å²) in [6.07, 6.45) is -0.560. The molecule has 146 valence electrons. The molecule has 2 aliphatic rings. The molecule has 0 fully saturated rings. The fraction of sp³-hybridized carbons (Fsp3) is 0.526. The van der Waals surface area contributed by atoms with Gasteiger partial charge in [-0.05, 0) is 23.1 Å². The van der Waals surface area contributed by atoms with Crippen LogP contribution in [0.4, 0.5) is 0 Å². The number of nitro groups is 1. The van der Waals surface area contributed by atoms with E-state index < -0.39 is 17.1 Å². The molecule has 1 aliphatic heterocycles. The fourth-order valence-corrected chi connectivity index (χ4v) is 3.86. The van der Waals surface area contributed by atoms with Crippen LogP contribution < -0.4 is 14.2 Å². The minimum atomic E-state index is -1.37. The predicted molar refractivity (Wildman–Crippen MR) is 95.8 cm³/mol. The first-order chi connectivity index (χ1) is 12.7. The lowest BCUT2D eigenvalue weighted by Crippen LogP contribution is -2.29. The van der Waals surface area contributed by atoms with E-state index in [0.717, 1.165) is 0 Å². The zero-order valence-electron chi connectivity index (χ0n) is 16.0. The van der Waals surface area contributed by atoms with Crippen molar-refractivity contribution < 1.29 is 28.7 Å². The summed E-state index contributed by atoms with van der Waals surface area (Å²) >= 11 is 0. The number of methoxy groups -OCH3 is 3. The van der Waals surface area contributed by atoms with Gasteiger partial charge in [-0.2, -0.15) is 0 Å². The molecular weight excluding hydrogens is 354 g/mol. The van der Waals surface area contributed by atoms with E-state index in [4.69, 9.17) is 18.9 Å². The Morgan fingerprint density at radius 2 is 1.70 bits per heavy atom. The number of benzene rings is 1. The number of rotatable bonds is 5. The van der Waals surface area contributed by atoms with E-state index in [-0.39, 0.29) is 11.2 Å². The maximum atomic E-state index is 12.8. The van der Waals surface area contributed by atoms with Crippen molar-refractivity contribution in [3.05, 3.63) is 39.1 Å². The standard InChI is InChI=1S/C19H23NO7/c1-19(2)8-11(21)16-14(9-19)27-18(20(22)23)15(16)10-6-12(24-3)17(26-5)13(7-10)25-4/h6-7,15,18H,8-9H2,1-5H3/t15-,18-/m1/s1. The fourth-order valence-electron chi connectivity index (χ4n) is 3.86. The number of nitrogens with zero attached hydrogens (tertiary/aromatic N) is 1. The van der Waals surface area contributed by atoms with Gasteiger partial charge in [0.15, 0.2) is 17.3 Å². The Morgan fingerprint density at radius 3 is 2.19 bits per heavy atom. The van der Waals surface area contributed by atoms with Gasteiger partial charge in [0.2, 0.25) is 5.75 Å². The number of ether oxygens (including phenoxy) is 4. The Labute approximate surface area is 157 Å². The van der Waals surface area contributed by atoms with Crippen LogP contribution in [0, 0.1) is 15.5 Å². The molecule has 1 aliphatic carbocycles. The number of carbonyl (C=O) groups is 1. The largest absolute Gasteiger partial charge is 0.493 e. The first kappa shape index (κ1) is 19.0. The van der Waals surface area contributed by atoms with Crippen molar-refractivity contribution >= 4 is 5.78 Å². The highest BCUT2D eigenvalue weighted by molar-refractivity contribution is 5.99. The van der Waals surface area contributed by atoms with Crippen LogP contribution in [-0.2, 0) is 9.53 Å². The summed E-state index contributed by atoms with van der Waals surface area (Å²) in [7, 11) is 4.41. The zero-order chi connectivity index (χ0) is 19.9. The Kier molecular flexibility index (Phi) is 4.75. The molecule has 0 spiro atoms. The summed E-state index contributed by atoms with van der Waals surface area (Å²) in [6.45, 7) is 3.90. The van der Waals surface area contributed by atoms with Crippen LogP contribution >= 0.6 is 0 Å². The van der Waals surface area contributed by atoms with Gasteiger partial charge < -0.3 is 18.9 Å². The average molecular weight is 377 g/mol. The minimum absolute atomic E-state index is 0.121. The van der Waals surface area contributed by atoms with E-state index in [1.165, 1.54) is 21.3 Å². The molecule has 0 radical (unpaired) electrons. The molecule has 0 amide bonds. The molecule has 0 saturated carbocycles. The Morgan fingerprint density at radius 1 is 1.11 bits per heavy atom. The summed E-state index contributed by atoms with van der Waals surface area (Å²) in [5, 5.41) is 11.7. The highest BCUT2D eigenvalue weighted by Gasteiger charge is 2.52. The summed E-state index contributed by atoms with van der Waals surface area (Å²) in [6, 6.07) is 3.27. The van der Waals surface area contributed by atoms with E-state index in [9.17, 15) is 14.9 Å². The topological polar surface area (TPSA) is 97.1 Å². The summed E-state index contributed by atoms with van der Waals surface area (Å²) in [5.74, 6) is 0.581. The van der Waals surface area contributed by atoms with Gasteiger partial charge in [0.25, 0.3) is 0 Å². The Hall–Kier alpha value is -2.77. The summed E-state index contributed by atoms with van der Waals surface area (Å²) in [4.78, 5) is 24.0. The Balaban J connectivity index is 2.17. The number of hydrogen-bond donors (Lipinski definition) is 0. The third-order valence-corrected chi connectivity index (χ3v) is 4.99. The third-order valence-electron chi connectivity index (χ3n) is 4.99. The maximum absolute atomic E-state index is 12.8. The van der Waals surface area contributed by atoms with Gasteiger partial charge in [0, 0.05) is 12.8 Å². The van der Waals surface area contributed by atoms with Crippen LogP contribution in [0.15, 0.2) is 23.5 Å². The van der Waals surface area contributed by atoms with E-state index in [1.54, 1.807) is 12.1 Å². The number of carbonyl (C=O) groups excluding carboxylic acids is 1. The van der Waals surface area contributed by atoms with Gasteiger partial charge in [0.05, 0.1) is 31.8 Å². The van der Waals surface area contributed by atoms with E-state index >= 15 is 0 Å². The lowest BCUT2D eigenvalue weighted by atomic mass is 9.73.